The Bertz CT molecular complexity index is 234. The molecule has 0 aliphatic carbocycles. The van der Waals surface area contributed by atoms with Crippen LogP contribution in [0.1, 0.15) is 33.6 Å². The summed E-state index contributed by atoms with van der Waals surface area (Å²) in [5.74, 6) is 0.0399. The second-order valence-electron chi connectivity index (χ2n) is 3.91. The molecule has 2 unspecified atom stereocenters. The van der Waals surface area contributed by atoms with Crippen molar-refractivity contribution in [3.8, 4) is 6.07 Å². The third-order valence-electron chi connectivity index (χ3n) is 2.66. The van der Waals surface area contributed by atoms with Gasteiger partial charge in [0.1, 0.15) is 0 Å². The number of nitrogens with one attached hydrogen (secondary N) is 1. The number of hydrogen-bond acceptors (Lipinski definition) is 3. The van der Waals surface area contributed by atoms with Gasteiger partial charge in [0.15, 0.2) is 0 Å². The molecule has 0 aliphatic rings. The van der Waals surface area contributed by atoms with Crippen LogP contribution in [0.15, 0.2) is 0 Å². The number of hydrogen-bond donors (Lipinski definition) is 1. The van der Waals surface area contributed by atoms with Crippen molar-refractivity contribution in [1.29, 1.82) is 5.26 Å². The third-order valence-corrected chi connectivity index (χ3v) is 2.66. The first-order valence-electron chi connectivity index (χ1n) is 5.38. The zero-order chi connectivity index (χ0) is 11.8. The van der Waals surface area contributed by atoms with E-state index in [1.54, 1.807) is 11.9 Å². The topological polar surface area (TPSA) is 56.1 Å². The fraction of sp³-hybridized carbons (Fsp3) is 0.818. The quantitative estimate of drug-likeness (QED) is 0.716. The predicted molar refractivity (Wildman–Crippen MR) is 60.2 cm³/mol. The second kappa shape index (κ2) is 7.24. The Morgan fingerprint density at radius 2 is 2.13 bits per heavy atom. The van der Waals surface area contributed by atoms with Gasteiger partial charge in [-0.2, -0.15) is 5.26 Å². The highest BCUT2D eigenvalue weighted by Crippen LogP contribution is 2.00. The Labute approximate surface area is 92.3 Å². The minimum atomic E-state index is -0.0127. The maximum Gasteiger partial charge on any atom is 0.236 e. The molecule has 0 aromatic carbocycles. The van der Waals surface area contributed by atoms with Crippen LogP contribution in [0, 0.1) is 11.3 Å². The van der Waals surface area contributed by atoms with Crippen molar-refractivity contribution < 1.29 is 4.79 Å². The maximum atomic E-state index is 11.6. The lowest BCUT2D eigenvalue weighted by atomic mass is 10.2. The van der Waals surface area contributed by atoms with Crippen molar-refractivity contribution in [3.05, 3.63) is 0 Å². The van der Waals surface area contributed by atoms with Crippen molar-refractivity contribution in [1.82, 2.24) is 10.2 Å². The summed E-state index contributed by atoms with van der Waals surface area (Å²) in [5.41, 5.74) is 0. The molecule has 0 aliphatic heterocycles. The first-order chi connectivity index (χ1) is 7.02. The molecule has 4 nitrogen and oxygen atoms in total. The summed E-state index contributed by atoms with van der Waals surface area (Å²) in [4.78, 5) is 13.3. The third kappa shape index (κ3) is 5.38. The van der Waals surface area contributed by atoms with E-state index in [4.69, 9.17) is 5.26 Å². The van der Waals surface area contributed by atoms with E-state index in [-0.39, 0.29) is 11.9 Å². The summed E-state index contributed by atoms with van der Waals surface area (Å²) < 4.78 is 0. The number of likely N-dealkylation sites (N-methyl/N-ethyl adjacent to an activating group) is 1. The molecular weight excluding hydrogens is 190 g/mol. The van der Waals surface area contributed by atoms with E-state index in [2.05, 4.69) is 18.3 Å². The summed E-state index contributed by atoms with van der Waals surface area (Å²) in [6, 6.07) is 2.41. The number of carbonyl (C=O) groups excluding carboxylic acids is 1. The van der Waals surface area contributed by atoms with E-state index in [0.29, 0.717) is 19.0 Å². The summed E-state index contributed by atoms with van der Waals surface area (Å²) in [7, 11) is 1.74. The van der Waals surface area contributed by atoms with Gasteiger partial charge >= 0.3 is 0 Å². The van der Waals surface area contributed by atoms with Crippen molar-refractivity contribution in [2.24, 2.45) is 0 Å². The molecule has 86 valence electrons. The van der Waals surface area contributed by atoms with Crippen LogP contribution in [-0.2, 0) is 4.79 Å². The normalized spacial score (nSPS) is 14.1. The first-order valence-corrected chi connectivity index (χ1v) is 5.38. The monoisotopic (exact) mass is 211 g/mol. The fourth-order valence-electron chi connectivity index (χ4n) is 1.05. The summed E-state index contributed by atoms with van der Waals surface area (Å²) in [5, 5.41) is 11.7. The Morgan fingerprint density at radius 3 is 2.60 bits per heavy atom. The maximum absolute atomic E-state index is 11.6. The van der Waals surface area contributed by atoms with Gasteiger partial charge in [-0.1, -0.05) is 6.92 Å². The predicted octanol–water partition coefficient (Wildman–Crippen LogP) is 1.14. The van der Waals surface area contributed by atoms with Crippen LogP contribution < -0.4 is 5.32 Å². The van der Waals surface area contributed by atoms with Gasteiger partial charge in [0, 0.05) is 19.1 Å². The molecule has 0 aromatic rings. The molecule has 0 heterocycles. The molecule has 0 radical (unpaired) electrons. The lowest BCUT2D eigenvalue weighted by Gasteiger charge is -2.23. The molecule has 0 saturated heterocycles. The lowest BCUT2D eigenvalue weighted by molar-refractivity contribution is -0.130. The molecule has 0 saturated carbocycles. The van der Waals surface area contributed by atoms with Crippen molar-refractivity contribution >= 4 is 5.91 Å². The van der Waals surface area contributed by atoms with Crippen LogP contribution in [0.5, 0.6) is 0 Å². The molecule has 15 heavy (non-hydrogen) atoms. The minimum Gasteiger partial charge on any atom is -0.341 e. The van der Waals surface area contributed by atoms with Crippen LogP contribution in [0.25, 0.3) is 0 Å². The second-order valence-corrected chi connectivity index (χ2v) is 3.91. The van der Waals surface area contributed by atoms with Gasteiger partial charge in [-0.25, -0.2) is 0 Å². The first kappa shape index (κ1) is 13.9. The van der Waals surface area contributed by atoms with E-state index < -0.39 is 0 Å². The standard InChI is InChI=1S/C11H21N3O/c1-5-9(2)13-8-11(15)14(4)10(3)6-7-12/h9-10,13H,5-6,8H2,1-4H3. The summed E-state index contributed by atoms with van der Waals surface area (Å²) in [6.45, 7) is 6.35. The Balaban J connectivity index is 3.94. The highest BCUT2D eigenvalue weighted by atomic mass is 16.2. The van der Waals surface area contributed by atoms with Crippen molar-refractivity contribution in [2.45, 2.75) is 45.7 Å². The Kier molecular flexibility index (Phi) is 6.72. The average molecular weight is 211 g/mol. The van der Waals surface area contributed by atoms with Crippen LogP contribution in [0.2, 0.25) is 0 Å². The number of amides is 1. The molecule has 0 fully saturated rings. The van der Waals surface area contributed by atoms with E-state index in [1.807, 2.05) is 13.8 Å². The number of carbonyl (C=O) groups is 1. The van der Waals surface area contributed by atoms with Gasteiger partial charge in [0.2, 0.25) is 5.91 Å². The fourth-order valence-corrected chi connectivity index (χ4v) is 1.05. The minimum absolute atomic E-state index is 0.0127. The van der Waals surface area contributed by atoms with Crippen molar-refractivity contribution in [2.75, 3.05) is 13.6 Å². The summed E-state index contributed by atoms with van der Waals surface area (Å²) in [6.07, 6.45) is 1.39. The molecule has 0 bridgehead atoms. The SMILES string of the molecule is CCC(C)NCC(=O)N(C)C(C)CC#N. The number of nitriles is 1. The van der Waals surface area contributed by atoms with Crippen LogP contribution >= 0.6 is 0 Å². The zero-order valence-corrected chi connectivity index (χ0v) is 10.1. The van der Waals surface area contributed by atoms with E-state index in [1.165, 1.54) is 0 Å². The Hall–Kier alpha value is -1.08. The van der Waals surface area contributed by atoms with Crippen LogP contribution in [0.4, 0.5) is 0 Å². The number of nitrogens with zero attached hydrogens (tertiary/aromatic N) is 2. The highest BCUT2D eigenvalue weighted by Gasteiger charge is 2.15. The smallest absolute Gasteiger partial charge is 0.236 e. The van der Waals surface area contributed by atoms with E-state index >= 15 is 0 Å². The molecule has 1 N–H and O–H groups in total. The number of rotatable bonds is 6. The van der Waals surface area contributed by atoms with Gasteiger partial charge in [-0.05, 0) is 20.3 Å². The summed E-state index contributed by atoms with van der Waals surface area (Å²) >= 11 is 0. The molecule has 2 atom stereocenters. The van der Waals surface area contributed by atoms with Gasteiger partial charge in [-0.3, -0.25) is 4.79 Å². The molecule has 0 aromatic heterocycles. The molecule has 1 amide bonds. The van der Waals surface area contributed by atoms with Gasteiger partial charge < -0.3 is 10.2 Å². The molecular formula is C11H21N3O. The van der Waals surface area contributed by atoms with Crippen LogP contribution in [0.3, 0.4) is 0 Å². The largest absolute Gasteiger partial charge is 0.341 e. The highest BCUT2D eigenvalue weighted by molar-refractivity contribution is 5.78. The van der Waals surface area contributed by atoms with E-state index in [9.17, 15) is 4.79 Å². The van der Waals surface area contributed by atoms with Gasteiger partial charge in [0.25, 0.3) is 0 Å². The molecule has 0 rings (SSSR count). The lowest BCUT2D eigenvalue weighted by Crippen LogP contribution is -2.42. The van der Waals surface area contributed by atoms with Crippen molar-refractivity contribution in [3.63, 3.8) is 0 Å². The Morgan fingerprint density at radius 1 is 1.53 bits per heavy atom. The molecule has 4 heteroatoms. The average Bonchev–Trinajstić information content (AvgIpc) is 2.24. The van der Waals surface area contributed by atoms with Gasteiger partial charge in [-0.15, -0.1) is 0 Å². The van der Waals surface area contributed by atoms with Gasteiger partial charge in [0.05, 0.1) is 19.0 Å². The molecule has 0 spiro atoms. The van der Waals surface area contributed by atoms with E-state index in [0.717, 1.165) is 6.42 Å². The zero-order valence-electron chi connectivity index (χ0n) is 10.1. The van der Waals surface area contributed by atoms with Crippen LogP contribution in [-0.4, -0.2) is 36.5 Å².